The van der Waals surface area contributed by atoms with Crippen molar-refractivity contribution in [3.8, 4) is 5.75 Å². The van der Waals surface area contributed by atoms with Gasteiger partial charge in [-0.15, -0.1) is 0 Å². The molecule has 0 saturated heterocycles. The van der Waals surface area contributed by atoms with E-state index in [1.165, 1.54) is 6.92 Å². The molecule has 0 radical (unpaired) electrons. The molecule has 0 aliphatic heterocycles. The van der Waals surface area contributed by atoms with Crippen LogP contribution >= 0.6 is 0 Å². The lowest BCUT2D eigenvalue weighted by Gasteiger charge is -2.22. The normalized spacial score (nSPS) is 10.4. The Bertz CT molecular complexity index is 817. The first-order chi connectivity index (χ1) is 13.5. The lowest BCUT2D eigenvalue weighted by molar-refractivity contribution is -0.129. The maximum absolute atomic E-state index is 12.5. The van der Waals surface area contributed by atoms with E-state index in [9.17, 15) is 9.59 Å². The average Bonchev–Trinajstić information content (AvgIpc) is 2.69. The van der Waals surface area contributed by atoms with E-state index in [1.807, 2.05) is 49.4 Å². The fraction of sp³-hybridized carbons (Fsp3) is 0.391. The second-order valence-electron chi connectivity index (χ2n) is 6.83. The minimum atomic E-state index is -0.0764. The number of amides is 2. The average molecular weight is 383 g/mol. The van der Waals surface area contributed by atoms with Crippen LogP contribution in [0.5, 0.6) is 5.75 Å². The third-order valence-electron chi connectivity index (χ3n) is 4.90. The van der Waals surface area contributed by atoms with Crippen molar-refractivity contribution >= 4 is 17.5 Å². The molecule has 2 amide bonds. The van der Waals surface area contributed by atoms with E-state index in [1.54, 1.807) is 12.0 Å². The van der Waals surface area contributed by atoms with E-state index in [2.05, 4.69) is 12.2 Å². The predicted molar refractivity (Wildman–Crippen MR) is 113 cm³/mol. The number of carbonyl (C=O) groups excluding carboxylic acids is 2. The van der Waals surface area contributed by atoms with Crippen molar-refractivity contribution in [1.29, 1.82) is 0 Å². The summed E-state index contributed by atoms with van der Waals surface area (Å²) in [6, 6.07) is 13.8. The molecule has 0 bridgehead atoms. The highest BCUT2D eigenvalue weighted by Crippen LogP contribution is 2.21. The van der Waals surface area contributed by atoms with Crippen molar-refractivity contribution in [2.45, 2.75) is 40.0 Å². The van der Waals surface area contributed by atoms with E-state index >= 15 is 0 Å². The maximum atomic E-state index is 12.5. The lowest BCUT2D eigenvalue weighted by Crippen LogP contribution is -2.34. The van der Waals surface area contributed by atoms with Crippen LogP contribution in [0, 0.1) is 6.92 Å². The van der Waals surface area contributed by atoms with Crippen molar-refractivity contribution in [3.05, 3.63) is 59.2 Å². The van der Waals surface area contributed by atoms with Crippen LogP contribution in [0.1, 0.15) is 37.0 Å². The van der Waals surface area contributed by atoms with Gasteiger partial charge in [0.25, 0.3) is 0 Å². The Kier molecular flexibility index (Phi) is 8.05. The number of hydrogen-bond acceptors (Lipinski definition) is 3. The van der Waals surface area contributed by atoms with Gasteiger partial charge in [-0.05, 0) is 42.5 Å². The molecule has 0 spiro atoms. The van der Waals surface area contributed by atoms with Gasteiger partial charge in [0.1, 0.15) is 5.75 Å². The Morgan fingerprint density at radius 2 is 1.75 bits per heavy atom. The Morgan fingerprint density at radius 1 is 1.04 bits per heavy atom. The van der Waals surface area contributed by atoms with Crippen LogP contribution < -0.4 is 10.1 Å². The molecule has 2 aromatic carbocycles. The summed E-state index contributed by atoms with van der Waals surface area (Å²) in [7, 11) is 1.64. The van der Waals surface area contributed by atoms with Crippen LogP contribution in [-0.4, -0.2) is 36.9 Å². The number of methoxy groups -OCH3 is 1. The first kappa shape index (κ1) is 21.5. The highest BCUT2D eigenvalue weighted by molar-refractivity contribution is 5.92. The molecule has 150 valence electrons. The zero-order valence-corrected chi connectivity index (χ0v) is 17.2. The van der Waals surface area contributed by atoms with Crippen molar-refractivity contribution < 1.29 is 14.3 Å². The van der Waals surface area contributed by atoms with Gasteiger partial charge in [0.2, 0.25) is 11.8 Å². The molecule has 1 N–H and O–H groups in total. The summed E-state index contributed by atoms with van der Waals surface area (Å²) < 4.78 is 5.37. The molecule has 0 aliphatic rings. The van der Waals surface area contributed by atoms with Gasteiger partial charge >= 0.3 is 0 Å². The smallest absolute Gasteiger partial charge is 0.226 e. The number of aryl methyl sites for hydroxylation is 2. The fourth-order valence-electron chi connectivity index (χ4n) is 3.23. The molecule has 0 atom stereocenters. The molecule has 0 aromatic heterocycles. The molecule has 0 heterocycles. The van der Waals surface area contributed by atoms with Crippen molar-refractivity contribution in [1.82, 2.24) is 4.90 Å². The lowest BCUT2D eigenvalue weighted by atomic mass is 10.1. The van der Waals surface area contributed by atoms with Gasteiger partial charge in [-0.2, -0.15) is 0 Å². The highest BCUT2D eigenvalue weighted by Gasteiger charge is 2.14. The number of ether oxygens (including phenoxy) is 1. The molecular weight excluding hydrogens is 352 g/mol. The van der Waals surface area contributed by atoms with Crippen molar-refractivity contribution in [2.24, 2.45) is 0 Å². The molecule has 2 aromatic rings. The number of hydrogen-bond donors (Lipinski definition) is 1. The third kappa shape index (κ3) is 5.84. The number of para-hydroxylation sites is 2. The fourth-order valence-corrected chi connectivity index (χ4v) is 3.23. The quantitative estimate of drug-likeness (QED) is 0.713. The molecule has 0 saturated carbocycles. The van der Waals surface area contributed by atoms with Gasteiger partial charge in [0, 0.05) is 32.1 Å². The Labute approximate surface area is 167 Å². The topological polar surface area (TPSA) is 58.6 Å². The maximum Gasteiger partial charge on any atom is 0.226 e. The predicted octanol–water partition coefficient (Wildman–Crippen LogP) is 3.99. The summed E-state index contributed by atoms with van der Waals surface area (Å²) in [6.45, 7) is 6.54. The number of carbonyl (C=O) groups is 2. The van der Waals surface area contributed by atoms with Gasteiger partial charge in [-0.3, -0.25) is 9.59 Å². The summed E-state index contributed by atoms with van der Waals surface area (Å²) in [5, 5.41) is 3.02. The van der Waals surface area contributed by atoms with Crippen molar-refractivity contribution in [2.75, 3.05) is 25.5 Å². The van der Waals surface area contributed by atoms with Gasteiger partial charge in [0.15, 0.2) is 0 Å². The van der Waals surface area contributed by atoms with Gasteiger partial charge in [-0.25, -0.2) is 0 Å². The first-order valence-electron chi connectivity index (χ1n) is 9.72. The van der Waals surface area contributed by atoms with Crippen LogP contribution in [-0.2, 0) is 22.4 Å². The van der Waals surface area contributed by atoms with Crippen LogP contribution in [0.25, 0.3) is 0 Å². The second kappa shape index (κ2) is 10.5. The van der Waals surface area contributed by atoms with E-state index in [4.69, 9.17) is 4.74 Å². The SMILES string of the molecule is CCc1cccc(C)c1NC(=O)CCN(CCc1ccccc1OC)C(C)=O. The number of rotatable bonds is 9. The molecule has 5 nitrogen and oxygen atoms in total. The third-order valence-corrected chi connectivity index (χ3v) is 4.90. The summed E-state index contributed by atoms with van der Waals surface area (Å²) in [6.07, 6.45) is 1.81. The molecule has 0 aliphatic carbocycles. The summed E-state index contributed by atoms with van der Waals surface area (Å²) in [5.41, 5.74) is 4.10. The molecule has 0 unspecified atom stereocenters. The minimum Gasteiger partial charge on any atom is -0.496 e. The molecule has 0 fully saturated rings. The first-order valence-corrected chi connectivity index (χ1v) is 9.72. The van der Waals surface area contributed by atoms with Gasteiger partial charge in [-0.1, -0.05) is 43.3 Å². The monoisotopic (exact) mass is 382 g/mol. The largest absolute Gasteiger partial charge is 0.496 e. The molecule has 5 heteroatoms. The van der Waals surface area contributed by atoms with Gasteiger partial charge in [0.05, 0.1) is 7.11 Å². The molecule has 2 rings (SSSR count). The van der Waals surface area contributed by atoms with E-state index in [-0.39, 0.29) is 18.2 Å². The Morgan fingerprint density at radius 3 is 2.43 bits per heavy atom. The Balaban J connectivity index is 1.94. The summed E-state index contributed by atoms with van der Waals surface area (Å²) in [5.74, 6) is 0.704. The second-order valence-corrected chi connectivity index (χ2v) is 6.83. The molecule has 28 heavy (non-hydrogen) atoms. The van der Waals surface area contributed by atoms with Crippen LogP contribution in [0.15, 0.2) is 42.5 Å². The standard InChI is InChI=1S/C23H30N2O3/c1-5-19-11-8-9-17(2)23(19)24-22(27)14-16-25(18(3)26)15-13-20-10-6-7-12-21(20)28-4/h6-12H,5,13-16H2,1-4H3,(H,24,27). The molecular formula is C23H30N2O3. The van der Waals surface area contributed by atoms with Gasteiger partial charge < -0.3 is 15.0 Å². The number of anilines is 1. The summed E-state index contributed by atoms with van der Waals surface area (Å²) in [4.78, 5) is 26.2. The number of nitrogens with zero attached hydrogens (tertiary/aromatic N) is 1. The number of benzene rings is 2. The Hall–Kier alpha value is -2.82. The van der Waals surface area contributed by atoms with E-state index in [0.29, 0.717) is 19.5 Å². The van der Waals surface area contributed by atoms with E-state index in [0.717, 1.165) is 34.5 Å². The zero-order valence-electron chi connectivity index (χ0n) is 17.2. The zero-order chi connectivity index (χ0) is 20.5. The van der Waals surface area contributed by atoms with Crippen LogP contribution in [0.2, 0.25) is 0 Å². The highest BCUT2D eigenvalue weighted by atomic mass is 16.5. The van der Waals surface area contributed by atoms with Crippen LogP contribution in [0.4, 0.5) is 5.69 Å². The number of nitrogens with one attached hydrogen (secondary N) is 1. The summed E-state index contributed by atoms with van der Waals surface area (Å²) >= 11 is 0. The van der Waals surface area contributed by atoms with Crippen molar-refractivity contribution in [3.63, 3.8) is 0 Å². The van der Waals surface area contributed by atoms with Crippen LogP contribution in [0.3, 0.4) is 0 Å². The minimum absolute atomic E-state index is 0.0344. The van der Waals surface area contributed by atoms with E-state index < -0.39 is 0 Å².